The van der Waals surface area contributed by atoms with Crippen LogP contribution in [-0.2, 0) is 13.1 Å². The molecule has 0 atom stereocenters. The standard InChI is InChI=1S/C19H30N4/c1-15(2)23(4)14-17-10-6-5-9-16(17)13-21-19(20-3)22-18-11-7-8-12-18/h5-10,15,18H,11-14H2,1-4H3,(H2,20,21,22). The quantitative estimate of drug-likeness (QED) is 0.482. The first-order valence-corrected chi connectivity index (χ1v) is 8.49. The fourth-order valence-electron chi connectivity index (χ4n) is 2.64. The zero-order valence-corrected chi connectivity index (χ0v) is 14.8. The van der Waals surface area contributed by atoms with Gasteiger partial charge in [0.25, 0.3) is 0 Å². The van der Waals surface area contributed by atoms with Crippen molar-refractivity contribution in [2.45, 2.75) is 51.9 Å². The summed E-state index contributed by atoms with van der Waals surface area (Å²) in [5, 5.41) is 6.93. The molecule has 23 heavy (non-hydrogen) atoms. The van der Waals surface area contributed by atoms with Crippen LogP contribution in [-0.4, -0.2) is 37.0 Å². The Balaban J connectivity index is 1.93. The third-order valence-electron chi connectivity index (χ3n) is 4.44. The van der Waals surface area contributed by atoms with Crippen LogP contribution in [0.3, 0.4) is 0 Å². The fraction of sp³-hybridized carbons (Fsp3) is 0.526. The van der Waals surface area contributed by atoms with E-state index in [0.29, 0.717) is 12.1 Å². The van der Waals surface area contributed by atoms with E-state index in [4.69, 9.17) is 0 Å². The zero-order chi connectivity index (χ0) is 16.7. The van der Waals surface area contributed by atoms with Crippen molar-refractivity contribution in [3.8, 4) is 0 Å². The Hall–Kier alpha value is -1.81. The van der Waals surface area contributed by atoms with Gasteiger partial charge in [-0.15, -0.1) is 0 Å². The minimum atomic E-state index is 0.475. The van der Waals surface area contributed by atoms with Gasteiger partial charge in [0, 0.05) is 32.2 Å². The maximum Gasteiger partial charge on any atom is 0.191 e. The topological polar surface area (TPSA) is 39.7 Å². The second kappa shape index (κ2) is 8.73. The molecule has 0 spiro atoms. The summed E-state index contributed by atoms with van der Waals surface area (Å²) in [6.45, 7) is 6.21. The number of benzene rings is 1. The molecule has 1 aliphatic rings. The fourth-order valence-corrected chi connectivity index (χ4v) is 2.64. The molecule has 0 bridgehead atoms. The average molecular weight is 314 g/mol. The highest BCUT2D eigenvalue weighted by Crippen LogP contribution is 2.13. The highest BCUT2D eigenvalue weighted by atomic mass is 15.2. The molecule has 1 aromatic rings. The first kappa shape index (κ1) is 17.5. The van der Waals surface area contributed by atoms with E-state index < -0.39 is 0 Å². The molecule has 2 rings (SSSR count). The van der Waals surface area contributed by atoms with Crippen molar-refractivity contribution in [1.29, 1.82) is 0 Å². The molecule has 2 N–H and O–H groups in total. The van der Waals surface area contributed by atoms with E-state index in [1.165, 1.54) is 11.1 Å². The molecule has 1 aromatic carbocycles. The second-order valence-corrected chi connectivity index (χ2v) is 6.49. The van der Waals surface area contributed by atoms with E-state index in [9.17, 15) is 0 Å². The molecule has 0 unspecified atom stereocenters. The van der Waals surface area contributed by atoms with Crippen LogP contribution in [0.15, 0.2) is 41.4 Å². The monoisotopic (exact) mass is 314 g/mol. The van der Waals surface area contributed by atoms with Gasteiger partial charge in [0.05, 0.1) is 0 Å². The molecular weight excluding hydrogens is 284 g/mol. The molecule has 0 aromatic heterocycles. The van der Waals surface area contributed by atoms with Gasteiger partial charge < -0.3 is 10.6 Å². The van der Waals surface area contributed by atoms with Crippen LogP contribution in [0.1, 0.15) is 37.8 Å². The molecule has 4 heteroatoms. The van der Waals surface area contributed by atoms with E-state index >= 15 is 0 Å². The maximum atomic E-state index is 4.34. The summed E-state index contributed by atoms with van der Waals surface area (Å²) in [6, 6.07) is 9.65. The Labute approximate surface area is 140 Å². The SMILES string of the molecule is CN=C(NCc1ccccc1CN(C)C(C)C)NC1CC=CC1. The van der Waals surface area contributed by atoms with Crippen LogP contribution in [0.25, 0.3) is 0 Å². The van der Waals surface area contributed by atoms with Gasteiger partial charge in [0.15, 0.2) is 5.96 Å². The molecule has 0 aliphatic heterocycles. The molecule has 4 nitrogen and oxygen atoms in total. The Morgan fingerprint density at radius 2 is 1.87 bits per heavy atom. The number of hydrogen-bond acceptors (Lipinski definition) is 2. The van der Waals surface area contributed by atoms with E-state index in [-0.39, 0.29) is 0 Å². The number of nitrogens with one attached hydrogen (secondary N) is 2. The molecule has 1 aliphatic carbocycles. The highest BCUT2D eigenvalue weighted by molar-refractivity contribution is 5.80. The average Bonchev–Trinajstić information content (AvgIpc) is 3.05. The molecule has 126 valence electrons. The Morgan fingerprint density at radius 3 is 2.48 bits per heavy atom. The molecule has 0 amide bonds. The van der Waals surface area contributed by atoms with Crippen LogP contribution in [0.4, 0.5) is 0 Å². The predicted octanol–water partition coefficient (Wildman–Crippen LogP) is 2.91. The summed E-state index contributed by atoms with van der Waals surface area (Å²) in [5.74, 6) is 0.880. The van der Waals surface area contributed by atoms with Crippen molar-refractivity contribution in [1.82, 2.24) is 15.5 Å². The minimum Gasteiger partial charge on any atom is -0.353 e. The zero-order valence-electron chi connectivity index (χ0n) is 14.8. The maximum absolute atomic E-state index is 4.34. The molecule has 0 saturated heterocycles. The van der Waals surface area contributed by atoms with Gasteiger partial charge in [-0.05, 0) is 44.9 Å². The molecular formula is C19H30N4. The van der Waals surface area contributed by atoms with Gasteiger partial charge in [-0.2, -0.15) is 0 Å². The van der Waals surface area contributed by atoms with Crippen molar-refractivity contribution >= 4 is 5.96 Å². The Kier molecular flexibility index (Phi) is 6.66. The van der Waals surface area contributed by atoms with E-state index in [2.05, 4.69) is 77.8 Å². The predicted molar refractivity (Wildman–Crippen MR) is 98.5 cm³/mol. The third kappa shape index (κ3) is 5.39. The van der Waals surface area contributed by atoms with Gasteiger partial charge in [-0.1, -0.05) is 36.4 Å². The van der Waals surface area contributed by atoms with E-state index in [1.807, 2.05) is 7.05 Å². The second-order valence-electron chi connectivity index (χ2n) is 6.49. The lowest BCUT2D eigenvalue weighted by molar-refractivity contribution is 0.265. The largest absolute Gasteiger partial charge is 0.353 e. The third-order valence-corrected chi connectivity index (χ3v) is 4.44. The van der Waals surface area contributed by atoms with Crippen molar-refractivity contribution in [2.75, 3.05) is 14.1 Å². The lowest BCUT2D eigenvalue weighted by Crippen LogP contribution is -2.42. The minimum absolute atomic E-state index is 0.475. The van der Waals surface area contributed by atoms with Crippen molar-refractivity contribution in [3.05, 3.63) is 47.5 Å². The van der Waals surface area contributed by atoms with E-state index in [0.717, 1.165) is 31.9 Å². The van der Waals surface area contributed by atoms with Crippen LogP contribution >= 0.6 is 0 Å². The summed E-state index contributed by atoms with van der Waals surface area (Å²) < 4.78 is 0. The smallest absolute Gasteiger partial charge is 0.191 e. The van der Waals surface area contributed by atoms with Crippen LogP contribution in [0.5, 0.6) is 0 Å². The van der Waals surface area contributed by atoms with Crippen molar-refractivity contribution in [3.63, 3.8) is 0 Å². The number of aliphatic imine (C=N–C) groups is 1. The van der Waals surface area contributed by atoms with Gasteiger partial charge in [0.2, 0.25) is 0 Å². The van der Waals surface area contributed by atoms with Gasteiger partial charge in [0.1, 0.15) is 0 Å². The summed E-state index contributed by atoms with van der Waals surface area (Å²) >= 11 is 0. The lowest BCUT2D eigenvalue weighted by Gasteiger charge is -2.23. The first-order valence-electron chi connectivity index (χ1n) is 8.49. The van der Waals surface area contributed by atoms with Crippen molar-refractivity contribution in [2.24, 2.45) is 4.99 Å². The Bertz CT molecular complexity index is 540. The summed E-state index contributed by atoms with van der Waals surface area (Å²) in [4.78, 5) is 6.70. The van der Waals surface area contributed by atoms with Crippen LogP contribution in [0, 0.1) is 0 Å². The summed E-state index contributed by atoms with van der Waals surface area (Å²) in [6.07, 6.45) is 6.61. The first-order chi connectivity index (χ1) is 11.1. The lowest BCUT2D eigenvalue weighted by atomic mass is 10.1. The molecule has 0 heterocycles. The van der Waals surface area contributed by atoms with Crippen LogP contribution < -0.4 is 10.6 Å². The van der Waals surface area contributed by atoms with E-state index in [1.54, 1.807) is 0 Å². The van der Waals surface area contributed by atoms with Crippen LogP contribution in [0.2, 0.25) is 0 Å². The number of nitrogens with zero attached hydrogens (tertiary/aromatic N) is 2. The number of guanidine groups is 1. The summed E-state index contributed by atoms with van der Waals surface area (Å²) in [5.41, 5.74) is 2.70. The molecule has 0 fully saturated rings. The summed E-state index contributed by atoms with van der Waals surface area (Å²) in [7, 11) is 4.00. The number of rotatable bonds is 6. The van der Waals surface area contributed by atoms with Crippen molar-refractivity contribution < 1.29 is 0 Å². The van der Waals surface area contributed by atoms with Gasteiger partial charge in [-0.3, -0.25) is 9.89 Å². The molecule has 0 radical (unpaired) electrons. The Morgan fingerprint density at radius 1 is 1.22 bits per heavy atom. The number of hydrogen-bond donors (Lipinski definition) is 2. The van der Waals surface area contributed by atoms with Gasteiger partial charge in [-0.25, -0.2) is 0 Å². The normalized spacial score (nSPS) is 15.7. The van der Waals surface area contributed by atoms with Gasteiger partial charge >= 0.3 is 0 Å². The highest BCUT2D eigenvalue weighted by Gasteiger charge is 2.12. The molecule has 0 saturated carbocycles.